The first-order valence-electron chi connectivity index (χ1n) is 9.15. The van der Waals surface area contributed by atoms with Gasteiger partial charge in [-0.2, -0.15) is 0 Å². The molecular formula is C21H24N2O4. The van der Waals surface area contributed by atoms with Crippen LogP contribution in [0.3, 0.4) is 0 Å². The van der Waals surface area contributed by atoms with Crippen LogP contribution in [0.2, 0.25) is 0 Å². The fraction of sp³-hybridized carbons (Fsp3) is 0.333. The van der Waals surface area contributed by atoms with E-state index in [2.05, 4.69) is 0 Å². The van der Waals surface area contributed by atoms with Crippen LogP contribution in [0.5, 0.6) is 11.5 Å². The van der Waals surface area contributed by atoms with E-state index in [0.717, 1.165) is 5.75 Å². The minimum atomic E-state index is -0.0629. The molecule has 1 fully saturated rings. The van der Waals surface area contributed by atoms with E-state index in [9.17, 15) is 9.59 Å². The Hall–Kier alpha value is -3.02. The predicted molar refractivity (Wildman–Crippen MR) is 102 cm³/mol. The van der Waals surface area contributed by atoms with E-state index in [1.165, 1.54) is 0 Å². The maximum atomic E-state index is 12.6. The number of piperazine rings is 1. The molecule has 0 aliphatic carbocycles. The van der Waals surface area contributed by atoms with Gasteiger partial charge in [0.15, 0.2) is 6.61 Å². The first-order chi connectivity index (χ1) is 13.2. The van der Waals surface area contributed by atoms with E-state index >= 15 is 0 Å². The van der Waals surface area contributed by atoms with E-state index in [-0.39, 0.29) is 18.4 Å². The minimum Gasteiger partial charge on any atom is -0.494 e. The fourth-order valence-corrected chi connectivity index (χ4v) is 2.95. The summed E-state index contributed by atoms with van der Waals surface area (Å²) in [6, 6.07) is 16.4. The van der Waals surface area contributed by atoms with Crippen LogP contribution in [0.25, 0.3) is 0 Å². The van der Waals surface area contributed by atoms with Crippen molar-refractivity contribution in [1.29, 1.82) is 0 Å². The summed E-state index contributed by atoms with van der Waals surface area (Å²) in [6.07, 6.45) is 0. The monoisotopic (exact) mass is 368 g/mol. The number of rotatable bonds is 6. The molecule has 1 aliphatic rings. The second kappa shape index (κ2) is 9.07. The summed E-state index contributed by atoms with van der Waals surface area (Å²) in [6.45, 7) is 4.59. The molecule has 1 heterocycles. The van der Waals surface area contributed by atoms with Crippen LogP contribution in [0, 0.1) is 0 Å². The van der Waals surface area contributed by atoms with Crippen molar-refractivity contribution in [3.05, 3.63) is 60.2 Å². The molecule has 142 valence electrons. The molecule has 2 aromatic rings. The van der Waals surface area contributed by atoms with Gasteiger partial charge in [-0.3, -0.25) is 9.59 Å². The summed E-state index contributed by atoms with van der Waals surface area (Å²) in [5, 5.41) is 0. The molecule has 0 N–H and O–H groups in total. The lowest BCUT2D eigenvalue weighted by Gasteiger charge is -2.34. The van der Waals surface area contributed by atoms with Crippen molar-refractivity contribution in [3.63, 3.8) is 0 Å². The Morgan fingerprint density at radius 1 is 0.815 bits per heavy atom. The van der Waals surface area contributed by atoms with Crippen LogP contribution in [0.15, 0.2) is 54.6 Å². The molecule has 0 bridgehead atoms. The van der Waals surface area contributed by atoms with Gasteiger partial charge in [-0.15, -0.1) is 0 Å². The van der Waals surface area contributed by atoms with Gasteiger partial charge < -0.3 is 19.3 Å². The van der Waals surface area contributed by atoms with E-state index < -0.39 is 0 Å². The Morgan fingerprint density at radius 3 is 2.04 bits per heavy atom. The maximum Gasteiger partial charge on any atom is 0.260 e. The maximum absolute atomic E-state index is 12.6. The van der Waals surface area contributed by atoms with E-state index in [1.54, 1.807) is 34.1 Å². The van der Waals surface area contributed by atoms with Crippen molar-refractivity contribution >= 4 is 11.8 Å². The molecule has 0 atom stereocenters. The first kappa shape index (κ1) is 18.8. The van der Waals surface area contributed by atoms with Gasteiger partial charge in [0, 0.05) is 31.7 Å². The number of carbonyl (C=O) groups is 2. The lowest BCUT2D eigenvalue weighted by Crippen LogP contribution is -2.51. The Morgan fingerprint density at radius 2 is 1.41 bits per heavy atom. The Balaban J connectivity index is 1.47. The highest BCUT2D eigenvalue weighted by Crippen LogP contribution is 2.15. The number of para-hydroxylation sites is 1. The number of hydrogen-bond donors (Lipinski definition) is 0. The molecule has 3 rings (SSSR count). The second-order valence-electron chi connectivity index (χ2n) is 6.23. The third kappa shape index (κ3) is 5.00. The molecule has 0 spiro atoms. The zero-order chi connectivity index (χ0) is 19.1. The Bertz CT molecular complexity index is 754. The average molecular weight is 368 g/mol. The van der Waals surface area contributed by atoms with Gasteiger partial charge in [0.1, 0.15) is 11.5 Å². The fourth-order valence-electron chi connectivity index (χ4n) is 2.95. The van der Waals surface area contributed by atoms with Crippen LogP contribution < -0.4 is 9.47 Å². The van der Waals surface area contributed by atoms with Crippen molar-refractivity contribution in [2.75, 3.05) is 39.4 Å². The smallest absolute Gasteiger partial charge is 0.260 e. The van der Waals surface area contributed by atoms with Gasteiger partial charge in [0.25, 0.3) is 11.8 Å². The SMILES string of the molecule is CCOc1ccc(C(=O)N2CCN(C(=O)COc3ccccc3)CC2)cc1. The van der Waals surface area contributed by atoms with E-state index in [0.29, 0.717) is 44.1 Å². The summed E-state index contributed by atoms with van der Waals surface area (Å²) in [5.41, 5.74) is 0.630. The summed E-state index contributed by atoms with van der Waals surface area (Å²) in [4.78, 5) is 28.4. The van der Waals surface area contributed by atoms with Crippen molar-refractivity contribution in [2.45, 2.75) is 6.92 Å². The number of benzene rings is 2. The standard InChI is InChI=1S/C21H24N2O4/c1-2-26-19-10-8-17(9-11-19)21(25)23-14-12-22(13-15-23)20(24)16-27-18-6-4-3-5-7-18/h3-11H,2,12-16H2,1H3. The van der Waals surface area contributed by atoms with Gasteiger partial charge in [-0.25, -0.2) is 0 Å². The number of nitrogens with zero attached hydrogens (tertiary/aromatic N) is 2. The normalized spacial score (nSPS) is 14.0. The summed E-state index contributed by atoms with van der Waals surface area (Å²) < 4.78 is 10.9. The van der Waals surface area contributed by atoms with Crippen LogP contribution in [0.1, 0.15) is 17.3 Å². The highest BCUT2D eigenvalue weighted by molar-refractivity contribution is 5.94. The van der Waals surface area contributed by atoms with Crippen LogP contribution in [-0.2, 0) is 4.79 Å². The lowest BCUT2D eigenvalue weighted by molar-refractivity contribution is -0.134. The predicted octanol–water partition coefficient (Wildman–Crippen LogP) is 2.45. The molecule has 1 saturated heterocycles. The largest absolute Gasteiger partial charge is 0.494 e. The molecule has 1 aliphatic heterocycles. The van der Waals surface area contributed by atoms with Crippen LogP contribution in [0.4, 0.5) is 0 Å². The molecule has 2 aromatic carbocycles. The average Bonchev–Trinajstić information content (AvgIpc) is 2.73. The number of carbonyl (C=O) groups excluding carboxylic acids is 2. The molecule has 27 heavy (non-hydrogen) atoms. The lowest BCUT2D eigenvalue weighted by atomic mass is 10.1. The van der Waals surface area contributed by atoms with Gasteiger partial charge in [0.05, 0.1) is 6.61 Å². The molecule has 6 nitrogen and oxygen atoms in total. The van der Waals surface area contributed by atoms with Gasteiger partial charge >= 0.3 is 0 Å². The van der Waals surface area contributed by atoms with Gasteiger partial charge in [0.2, 0.25) is 0 Å². The zero-order valence-electron chi connectivity index (χ0n) is 15.5. The molecule has 2 amide bonds. The topological polar surface area (TPSA) is 59.1 Å². The minimum absolute atomic E-state index is 0.0108. The van der Waals surface area contributed by atoms with E-state index in [1.807, 2.05) is 37.3 Å². The third-order valence-electron chi connectivity index (χ3n) is 4.44. The van der Waals surface area contributed by atoms with Crippen molar-refractivity contribution in [2.24, 2.45) is 0 Å². The molecule has 0 unspecified atom stereocenters. The molecular weight excluding hydrogens is 344 g/mol. The number of ether oxygens (including phenoxy) is 2. The zero-order valence-corrected chi connectivity index (χ0v) is 15.5. The summed E-state index contributed by atoms with van der Waals surface area (Å²) >= 11 is 0. The van der Waals surface area contributed by atoms with Crippen molar-refractivity contribution in [3.8, 4) is 11.5 Å². The molecule has 0 aromatic heterocycles. The molecule has 0 radical (unpaired) electrons. The van der Waals surface area contributed by atoms with Crippen molar-refractivity contribution < 1.29 is 19.1 Å². The van der Waals surface area contributed by atoms with Gasteiger partial charge in [-0.05, 0) is 43.3 Å². The Labute approximate surface area is 159 Å². The van der Waals surface area contributed by atoms with E-state index in [4.69, 9.17) is 9.47 Å². The highest BCUT2D eigenvalue weighted by atomic mass is 16.5. The number of hydrogen-bond acceptors (Lipinski definition) is 4. The molecule has 6 heteroatoms. The first-order valence-corrected chi connectivity index (χ1v) is 9.15. The van der Waals surface area contributed by atoms with Crippen LogP contribution in [-0.4, -0.2) is 61.0 Å². The molecule has 0 saturated carbocycles. The summed E-state index contributed by atoms with van der Waals surface area (Å²) in [7, 11) is 0. The Kier molecular flexibility index (Phi) is 6.30. The van der Waals surface area contributed by atoms with Crippen molar-refractivity contribution in [1.82, 2.24) is 9.80 Å². The number of amides is 2. The second-order valence-corrected chi connectivity index (χ2v) is 6.23. The summed E-state index contributed by atoms with van der Waals surface area (Å²) in [5.74, 6) is 1.34. The third-order valence-corrected chi connectivity index (χ3v) is 4.44. The quantitative estimate of drug-likeness (QED) is 0.786. The van der Waals surface area contributed by atoms with Gasteiger partial charge in [-0.1, -0.05) is 18.2 Å². The highest BCUT2D eigenvalue weighted by Gasteiger charge is 2.25. The van der Waals surface area contributed by atoms with Crippen LogP contribution >= 0.6 is 0 Å².